The summed E-state index contributed by atoms with van der Waals surface area (Å²) in [5, 5.41) is 19.7. The van der Waals surface area contributed by atoms with Gasteiger partial charge in [0.25, 0.3) is 0 Å². The van der Waals surface area contributed by atoms with E-state index in [1.54, 1.807) is 0 Å². The summed E-state index contributed by atoms with van der Waals surface area (Å²) in [6, 6.07) is 0. The van der Waals surface area contributed by atoms with Crippen molar-refractivity contribution in [3.8, 4) is 0 Å². The van der Waals surface area contributed by atoms with Crippen molar-refractivity contribution in [2.24, 2.45) is 0 Å². The fraction of sp³-hybridized carbons (Fsp3) is 0.730. The highest BCUT2D eigenvalue weighted by Crippen LogP contribution is 2.12. The summed E-state index contributed by atoms with van der Waals surface area (Å²) in [4.78, 5) is 23.8. The topological polar surface area (TPSA) is 93.1 Å². The standard InChI is InChI=1S/C37H64O6/c1-3-5-7-8-9-10-13-17-20-23-26-30-36(40)42-32-35(39)33-43-37(41)31-27-24-21-18-15-12-11-14-16-19-22-25-29-34(38)28-6-4-2/h11-12,16,18-19,21,25,29,34-35,38-39H,3-10,13-15,17,20,22-24,26-28,30-33H2,1-2H3/b12-11-,19-16-,21-18-,29-25-/t34-,35-/m0/s1. The monoisotopic (exact) mass is 604 g/mol. The Morgan fingerprint density at radius 1 is 0.558 bits per heavy atom. The number of carbonyl (C=O) groups is 2. The molecule has 0 aliphatic rings. The average molecular weight is 605 g/mol. The molecular weight excluding hydrogens is 540 g/mol. The number of carbonyl (C=O) groups excluding carboxylic acids is 2. The van der Waals surface area contributed by atoms with Gasteiger partial charge in [-0.1, -0.05) is 140 Å². The first kappa shape index (κ1) is 40.8. The Labute approximate surface area is 263 Å². The predicted molar refractivity (Wildman–Crippen MR) is 179 cm³/mol. The molecule has 0 aromatic carbocycles. The van der Waals surface area contributed by atoms with Gasteiger partial charge in [0.1, 0.15) is 19.3 Å². The maximum atomic E-state index is 11.9. The van der Waals surface area contributed by atoms with Crippen molar-refractivity contribution in [1.29, 1.82) is 0 Å². The number of hydrogen-bond acceptors (Lipinski definition) is 6. The van der Waals surface area contributed by atoms with Gasteiger partial charge < -0.3 is 19.7 Å². The van der Waals surface area contributed by atoms with Crippen LogP contribution in [-0.4, -0.2) is 47.6 Å². The second kappa shape index (κ2) is 32.7. The highest BCUT2D eigenvalue weighted by Gasteiger charge is 2.12. The van der Waals surface area contributed by atoms with Crippen LogP contribution in [0.4, 0.5) is 0 Å². The van der Waals surface area contributed by atoms with E-state index in [1.807, 2.05) is 12.2 Å². The Bertz CT molecular complexity index is 754. The lowest BCUT2D eigenvalue weighted by Crippen LogP contribution is -2.25. The van der Waals surface area contributed by atoms with E-state index < -0.39 is 6.10 Å². The summed E-state index contributed by atoms with van der Waals surface area (Å²) < 4.78 is 10.2. The SMILES string of the molecule is CCCCCCCCCCCCCC(=O)OC[C@H](O)COC(=O)CCC/C=C\C/C=C\C/C=C\C/C=C\[C@@H](O)CCCC. The van der Waals surface area contributed by atoms with Crippen molar-refractivity contribution < 1.29 is 29.3 Å². The van der Waals surface area contributed by atoms with Crippen molar-refractivity contribution >= 4 is 11.9 Å². The molecule has 0 fully saturated rings. The summed E-state index contributed by atoms with van der Waals surface area (Å²) in [6.07, 6.45) is 36.4. The number of ether oxygens (including phenoxy) is 2. The molecule has 0 aliphatic carbocycles. The smallest absolute Gasteiger partial charge is 0.305 e. The fourth-order valence-electron chi connectivity index (χ4n) is 4.45. The molecule has 0 heterocycles. The zero-order valence-electron chi connectivity index (χ0n) is 27.6. The van der Waals surface area contributed by atoms with Gasteiger partial charge in [-0.3, -0.25) is 9.59 Å². The summed E-state index contributed by atoms with van der Waals surface area (Å²) in [5.74, 6) is -0.654. The fourth-order valence-corrected chi connectivity index (χ4v) is 4.45. The largest absolute Gasteiger partial charge is 0.463 e. The molecule has 0 bridgehead atoms. The Balaban J connectivity index is 3.61. The van der Waals surface area contributed by atoms with E-state index in [2.05, 4.69) is 50.3 Å². The van der Waals surface area contributed by atoms with Crippen LogP contribution in [0, 0.1) is 0 Å². The molecule has 0 unspecified atom stereocenters. The third-order valence-electron chi connectivity index (χ3n) is 7.14. The lowest BCUT2D eigenvalue weighted by atomic mass is 10.1. The Morgan fingerprint density at radius 3 is 1.53 bits per heavy atom. The first-order chi connectivity index (χ1) is 21.0. The van der Waals surface area contributed by atoms with E-state index in [9.17, 15) is 19.8 Å². The summed E-state index contributed by atoms with van der Waals surface area (Å²) in [7, 11) is 0. The summed E-state index contributed by atoms with van der Waals surface area (Å²) in [5.41, 5.74) is 0. The molecule has 0 aliphatic heterocycles. The van der Waals surface area contributed by atoms with Crippen LogP contribution in [0.3, 0.4) is 0 Å². The van der Waals surface area contributed by atoms with E-state index in [-0.39, 0.29) is 31.3 Å². The Morgan fingerprint density at radius 2 is 1.00 bits per heavy atom. The zero-order chi connectivity index (χ0) is 31.6. The van der Waals surface area contributed by atoms with Gasteiger partial charge >= 0.3 is 11.9 Å². The van der Waals surface area contributed by atoms with Crippen LogP contribution in [0.2, 0.25) is 0 Å². The minimum absolute atomic E-state index is 0.142. The lowest BCUT2D eigenvalue weighted by molar-refractivity contribution is -0.152. The van der Waals surface area contributed by atoms with Crippen molar-refractivity contribution in [2.75, 3.05) is 13.2 Å². The zero-order valence-corrected chi connectivity index (χ0v) is 27.6. The number of hydrogen-bond donors (Lipinski definition) is 2. The number of allylic oxidation sites excluding steroid dienone is 7. The Hall–Kier alpha value is -2.18. The number of aliphatic hydroxyl groups excluding tert-OH is 2. The van der Waals surface area contributed by atoms with E-state index in [4.69, 9.17) is 9.47 Å². The molecule has 0 aromatic heterocycles. The molecule has 0 aromatic rings. The molecule has 0 spiro atoms. The molecule has 43 heavy (non-hydrogen) atoms. The van der Waals surface area contributed by atoms with Crippen LogP contribution in [0.5, 0.6) is 0 Å². The molecule has 0 rings (SSSR count). The molecule has 6 nitrogen and oxygen atoms in total. The third-order valence-corrected chi connectivity index (χ3v) is 7.14. The first-order valence-corrected chi connectivity index (χ1v) is 17.3. The minimum atomic E-state index is -0.994. The molecule has 0 saturated carbocycles. The number of aliphatic hydroxyl groups is 2. The maximum absolute atomic E-state index is 11.9. The molecule has 0 saturated heterocycles. The quantitative estimate of drug-likeness (QED) is 0.0482. The number of rotatable bonds is 30. The van der Waals surface area contributed by atoms with Crippen molar-refractivity contribution in [2.45, 2.75) is 161 Å². The van der Waals surface area contributed by atoms with Gasteiger partial charge in [0, 0.05) is 12.8 Å². The van der Waals surface area contributed by atoms with E-state index in [0.29, 0.717) is 19.3 Å². The molecule has 0 amide bonds. The van der Waals surface area contributed by atoms with E-state index in [1.165, 1.54) is 51.4 Å². The van der Waals surface area contributed by atoms with Gasteiger partial charge in [-0.15, -0.1) is 0 Å². The molecule has 2 N–H and O–H groups in total. The number of unbranched alkanes of at least 4 members (excludes halogenated alkanes) is 12. The van der Waals surface area contributed by atoms with Gasteiger partial charge in [0.2, 0.25) is 0 Å². The van der Waals surface area contributed by atoms with Crippen LogP contribution in [0.15, 0.2) is 48.6 Å². The van der Waals surface area contributed by atoms with Crippen LogP contribution < -0.4 is 0 Å². The van der Waals surface area contributed by atoms with Gasteiger partial charge in [0.15, 0.2) is 0 Å². The molecular formula is C37H64O6. The normalized spacial score (nSPS) is 13.5. The average Bonchev–Trinajstić information content (AvgIpc) is 3.00. The first-order valence-electron chi connectivity index (χ1n) is 17.3. The van der Waals surface area contributed by atoms with E-state index >= 15 is 0 Å². The van der Waals surface area contributed by atoms with Crippen LogP contribution in [0.1, 0.15) is 149 Å². The predicted octanol–water partition coefficient (Wildman–Crippen LogP) is 9.25. The third kappa shape index (κ3) is 32.6. The van der Waals surface area contributed by atoms with Gasteiger partial charge in [-0.25, -0.2) is 0 Å². The highest BCUT2D eigenvalue weighted by atomic mass is 16.6. The highest BCUT2D eigenvalue weighted by molar-refractivity contribution is 5.69. The second-order valence-corrected chi connectivity index (χ2v) is 11.5. The van der Waals surface area contributed by atoms with Gasteiger partial charge in [0.05, 0.1) is 6.10 Å². The van der Waals surface area contributed by atoms with Crippen molar-refractivity contribution in [3.63, 3.8) is 0 Å². The second-order valence-electron chi connectivity index (χ2n) is 11.5. The van der Waals surface area contributed by atoms with Gasteiger partial charge in [-0.2, -0.15) is 0 Å². The molecule has 248 valence electrons. The molecule has 2 atom stereocenters. The van der Waals surface area contributed by atoms with Crippen LogP contribution in [0.25, 0.3) is 0 Å². The summed E-state index contributed by atoms with van der Waals surface area (Å²) in [6.45, 7) is 4.07. The maximum Gasteiger partial charge on any atom is 0.305 e. The van der Waals surface area contributed by atoms with Gasteiger partial charge in [-0.05, 0) is 44.9 Å². The lowest BCUT2D eigenvalue weighted by Gasteiger charge is -2.12. The Kier molecular flexibility index (Phi) is 31.1. The minimum Gasteiger partial charge on any atom is -0.463 e. The molecule has 6 heteroatoms. The van der Waals surface area contributed by atoms with E-state index in [0.717, 1.165) is 64.2 Å². The van der Waals surface area contributed by atoms with Crippen molar-refractivity contribution in [3.05, 3.63) is 48.6 Å². The van der Waals surface area contributed by atoms with Crippen LogP contribution >= 0.6 is 0 Å². The van der Waals surface area contributed by atoms with Crippen molar-refractivity contribution in [1.82, 2.24) is 0 Å². The number of esters is 2. The summed E-state index contributed by atoms with van der Waals surface area (Å²) >= 11 is 0. The molecule has 0 radical (unpaired) electrons. The van der Waals surface area contributed by atoms with Crippen LogP contribution in [-0.2, 0) is 19.1 Å².